The van der Waals surface area contributed by atoms with Gasteiger partial charge in [0.05, 0.1) is 8.25 Å². The Morgan fingerprint density at radius 3 is 1.50 bits per heavy atom. The molecule has 0 unspecified atom stereocenters. The number of hydrogen-bond acceptors (Lipinski definition) is 2. The van der Waals surface area contributed by atoms with Crippen molar-refractivity contribution in [1.29, 1.82) is 0 Å². The van der Waals surface area contributed by atoms with Crippen molar-refractivity contribution in [2.75, 3.05) is 0 Å². The largest absolute Gasteiger partial charge is 0.358 e. The third-order valence-electron chi connectivity index (χ3n) is 0. The lowest BCUT2D eigenvalue weighted by molar-refractivity contribution is 0.504. The predicted molar refractivity (Wildman–Crippen MR) is 17.1 cm³/mol. The molecule has 0 amide bonds. The minimum atomic E-state index is -2.12. The molecule has 0 spiro atoms. The Kier molecular flexibility index (Phi) is 1.88. The molecule has 0 aliphatic carbocycles. The zero-order valence-electron chi connectivity index (χ0n) is 1.92. The van der Waals surface area contributed by atoms with E-state index in [2.05, 4.69) is 7.57 Å². The second kappa shape index (κ2) is 1.71. The first-order chi connectivity index (χ1) is 1.73. The van der Waals surface area contributed by atoms with Crippen molar-refractivity contribution >= 4 is 15.8 Å². The van der Waals surface area contributed by atoms with Crippen LogP contribution >= 0.6 is 8.25 Å². The van der Waals surface area contributed by atoms with Crippen LogP contribution in [-0.4, -0.2) is 17.4 Å². The highest BCUT2D eigenvalue weighted by Crippen LogP contribution is 2.10. The van der Waals surface area contributed by atoms with Gasteiger partial charge in [-0.05, 0) is 0 Å². The zero-order valence-corrected chi connectivity index (χ0v) is 2.81. The van der Waals surface area contributed by atoms with Crippen LogP contribution in [-0.2, 0) is 0 Å². The number of rotatable bonds is 0. The van der Waals surface area contributed by atoms with Crippen LogP contribution < -0.4 is 0 Å². The van der Waals surface area contributed by atoms with Gasteiger partial charge in [0.15, 0.2) is 7.57 Å². The van der Waals surface area contributed by atoms with Gasteiger partial charge in [0.2, 0.25) is 0 Å². The quantitative estimate of drug-likeness (QED) is 0.297. The highest BCUT2D eigenvalue weighted by atomic mass is 31.2. The molecule has 0 fully saturated rings. The van der Waals surface area contributed by atoms with Crippen LogP contribution in [0.3, 0.4) is 0 Å². The van der Waals surface area contributed by atoms with Gasteiger partial charge in [0.25, 0.3) is 0 Å². The molecule has 4 heteroatoms. The molecule has 0 saturated carbocycles. The first-order valence-electron chi connectivity index (χ1n) is 0.658. The van der Waals surface area contributed by atoms with E-state index in [4.69, 9.17) is 9.79 Å². The van der Waals surface area contributed by atoms with E-state index in [1.807, 2.05) is 0 Å². The van der Waals surface area contributed by atoms with Gasteiger partial charge in [-0.1, -0.05) is 0 Å². The van der Waals surface area contributed by atoms with Gasteiger partial charge in [-0.15, -0.1) is 0 Å². The molecule has 0 aromatic rings. The molecule has 0 aromatic carbocycles. The van der Waals surface area contributed by atoms with Gasteiger partial charge in [0, 0.05) is 0 Å². The lowest BCUT2D eigenvalue weighted by atomic mass is 10.8. The van der Waals surface area contributed by atoms with E-state index < -0.39 is 8.25 Å². The van der Waals surface area contributed by atoms with E-state index >= 15 is 0 Å². The van der Waals surface area contributed by atoms with Gasteiger partial charge in [-0.25, -0.2) is 0 Å². The molecule has 0 heterocycles. The maximum absolute atomic E-state index is 7.45. The van der Waals surface area contributed by atoms with Crippen molar-refractivity contribution in [2.45, 2.75) is 0 Å². The molecular formula is H2BO2P. The molecular weight excluding hydrogens is 73.8 g/mol. The summed E-state index contributed by atoms with van der Waals surface area (Å²) in [5.74, 6) is 0. The summed E-state index contributed by atoms with van der Waals surface area (Å²) in [4.78, 5) is 14.9. The summed E-state index contributed by atoms with van der Waals surface area (Å²) >= 11 is 0. The Hall–Kier alpha value is 0.415. The van der Waals surface area contributed by atoms with E-state index in [0.717, 1.165) is 0 Å². The first kappa shape index (κ1) is 4.41. The molecule has 22 valence electrons. The minimum absolute atomic E-state index is 2.12. The predicted octanol–water partition coefficient (Wildman–Crippen LogP) is -0.634. The van der Waals surface area contributed by atoms with E-state index in [1.54, 1.807) is 0 Å². The highest BCUT2D eigenvalue weighted by Gasteiger charge is 1.72. The molecule has 0 saturated heterocycles. The highest BCUT2D eigenvalue weighted by molar-refractivity contribution is 7.72. The fourth-order valence-electron chi connectivity index (χ4n) is 0. The molecule has 0 bridgehead atoms. The van der Waals surface area contributed by atoms with Crippen LogP contribution in [0.15, 0.2) is 0 Å². The molecule has 0 aliphatic heterocycles. The minimum Gasteiger partial charge on any atom is -0.358 e. The monoisotopic (exact) mass is 76.0 g/mol. The lowest BCUT2D eigenvalue weighted by Crippen LogP contribution is -1.56. The molecule has 0 aromatic heterocycles. The fourth-order valence-corrected chi connectivity index (χ4v) is 0. The topological polar surface area (TPSA) is 40.5 Å². The van der Waals surface area contributed by atoms with Crippen LogP contribution in [0.5, 0.6) is 0 Å². The fraction of sp³-hybridized carbons (Fsp3) is 0. The summed E-state index contributed by atoms with van der Waals surface area (Å²) in [7, 11) is 2.17. The van der Waals surface area contributed by atoms with Crippen molar-refractivity contribution in [3.63, 3.8) is 0 Å². The smallest absolute Gasteiger partial charge is 0.188 e. The van der Waals surface area contributed by atoms with Crippen LogP contribution in [0.4, 0.5) is 0 Å². The van der Waals surface area contributed by atoms with Gasteiger partial charge >= 0.3 is 0 Å². The molecule has 2 N–H and O–H groups in total. The maximum atomic E-state index is 7.45. The Morgan fingerprint density at radius 2 is 1.50 bits per heavy atom. The summed E-state index contributed by atoms with van der Waals surface area (Å²) in [5.41, 5.74) is 0. The van der Waals surface area contributed by atoms with Crippen LogP contribution in [0.2, 0.25) is 0 Å². The first-order valence-corrected chi connectivity index (χ1v) is 1.97. The van der Waals surface area contributed by atoms with E-state index in [1.165, 1.54) is 0 Å². The van der Waals surface area contributed by atoms with Crippen molar-refractivity contribution in [3.8, 4) is 0 Å². The Balaban J connectivity index is 2.32. The average molecular weight is 75.8 g/mol. The van der Waals surface area contributed by atoms with Gasteiger partial charge < -0.3 is 9.79 Å². The SMILES string of the molecule is [B]P(O)O. The molecule has 2 nitrogen and oxygen atoms in total. The Bertz CT molecular complexity index is 10.8. The van der Waals surface area contributed by atoms with Crippen molar-refractivity contribution in [1.82, 2.24) is 0 Å². The molecule has 0 rings (SSSR count). The average Bonchev–Trinajstić information content (AvgIpc) is 0.811. The molecule has 2 radical (unpaired) electrons. The molecule has 0 atom stereocenters. The van der Waals surface area contributed by atoms with Crippen LogP contribution in [0.25, 0.3) is 0 Å². The van der Waals surface area contributed by atoms with Gasteiger partial charge in [-0.3, -0.25) is 0 Å². The van der Waals surface area contributed by atoms with E-state index in [9.17, 15) is 0 Å². The third kappa shape index (κ3) is 28.1. The van der Waals surface area contributed by atoms with E-state index in [0.29, 0.717) is 0 Å². The lowest BCUT2D eigenvalue weighted by Gasteiger charge is -1.80. The summed E-state index contributed by atoms with van der Waals surface area (Å²) in [5, 5.41) is 0. The summed E-state index contributed by atoms with van der Waals surface area (Å²) in [6.45, 7) is 0. The van der Waals surface area contributed by atoms with Crippen LogP contribution in [0, 0.1) is 0 Å². The van der Waals surface area contributed by atoms with E-state index in [-0.39, 0.29) is 0 Å². The second-order valence-corrected chi connectivity index (χ2v) is 0.961. The van der Waals surface area contributed by atoms with Crippen molar-refractivity contribution in [2.24, 2.45) is 0 Å². The second-order valence-electron chi connectivity index (χ2n) is 0.320. The van der Waals surface area contributed by atoms with Crippen molar-refractivity contribution in [3.05, 3.63) is 0 Å². The Labute approximate surface area is 26.7 Å². The summed E-state index contributed by atoms with van der Waals surface area (Å²) in [6, 6.07) is 0. The summed E-state index contributed by atoms with van der Waals surface area (Å²) < 4.78 is 0. The summed E-state index contributed by atoms with van der Waals surface area (Å²) in [6.07, 6.45) is 0. The molecule has 0 aliphatic rings. The normalized spacial score (nSPS) is 8.75. The van der Waals surface area contributed by atoms with Crippen molar-refractivity contribution < 1.29 is 9.79 Å². The molecule has 4 heavy (non-hydrogen) atoms. The van der Waals surface area contributed by atoms with Gasteiger partial charge in [-0.2, -0.15) is 0 Å². The van der Waals surface area contributed by atoms with Crippen LogP contribution in [0.1, 0.15) is 0 Å². The number of hydrogen-bond donors (Lipinski definition) is 2. The standard InChI is InChI=1S/BH2O2P/c1-4(2)3/h2-3H. The van der Waals surface area contributed by atoms with Gasteiger partial charge in [0.1, 0.15) is 0 Å². The maximum Gasteiger partial charge on any atom is 0.188 e. The Morgan fingerprint density at radius 1 is 1.50 bits per heavy atom. The zero-order chi connectivity index (χ0) is 3.58. The third-order valence-corrected chi connectivity index (χ3v) is 0.